The van der Waals surface area contributed by atoms with Crippen LogP contribution in [0.1, 0.15) is 11.1 Å². The molecule has 0 aromatic heterocycles. The molecular formula is C21H18ClFN2O4S. The van der Waals surface area contributed by atoms with Crippen molar-refractivity contribution in [1.29, 1.82) is 0 Å². The third-order valence-electron chi connectivity index (χ3n) is 4.54. The summed E-state index contributed by atoms with van der Waals surface area (Å²) in [5.41, 5.74) is 0.760. The number of benzene rings is 2. The number of halogens is 2. The minimum Gasteiger partial charge on any atom is -0.493 e. The Morgan fingerprint density at radius 3 is 2.37 bits per heavy atom. The fourth-order valence-electron chi connectivity index (χ4n) is 2.87. The minimum absolute atomic E-state index is 0.0484. The summed E-state index contributed by atoms with van der Waals surface area (Å²) in [6.45, 7) is -0.0484. The molecule has 0 N–H and O–H groups in total. The van der Waals surface area contributed by atoms with E-state index in [1.807, 2.05) is 0 Å². The lowest BCUT2D eigenvalue weighted by molar-refractivity contribution is -0.132. The fourth-order valence-corrected chi connectivity index (χ4v) is 3.31. The molecule has 1 aliphatic rings. The van der Waals surface area contributed by atoms with E-state index in [-0.39, 0.29) is 33.8 Å². The molecule has 0 bridgehead atoms. The van der Waals surface area contributed by atoms with Crippen molar-refractivity contribution in [2.45, 2.75) is 6.61 Å². The van der Waals surface area contributed by atoms with Crippen LogP contribution in [0.25, 0.3) is 6.08 Å². The third kappa shape index (κ3) is 4.15. The van der Waals surface area contributed by atoms with Crippen LogP contribution in [0.3, 0.4) is 0 Å². The summed E-state index contributed by atoms with van der Waals surface area (Å²) in [6.07, 6.45) is 1.41. The number of hydrogen-bond acceptors (Lipinski definition) is 5. The van der Waals surface area contributed by atoms with Gasteiger partial charge in [0, 0.05) is 19.7 Å². The molecule has 1 aliphatic heterocycles. The van der Waals surface area contributed by atoms with Gasteiger partial charge in [-0.2, -0.15) is 0 Å². The topological polar surface area (TPSA) is 59.1 Å². The van der Waals surface area contributed by atoms with Crippen LogP contribution in [-0.2, 0) is 16.2 Å². The van der Waals surface area contributed by atoms with Gasteiger partial charge in [0.15, 0.2) is 16.6 Å². The molecule has 0 unspecified atom stereocenters. The molecule has 2 aromatic carbocycles. The van der Waals surface area contributed by atoms with Gasteiger partial charge in [-0.15, -0.1) is 0 Å². The zero-order valence-corrected chi connectivity index (χ0v) is 18.0. The van der Waals surface area contributed by atoms with Crippen molar-refractivity contribution < 1.29 is 23.5 Å². The van der Waals surface area contributed by atoms with Crippen molar-refractivity contribution in [2.75, 3.05) is 21.2 Å². The average molecular weight is 449 g/mol. The number of thiocarbonyl (C=S) groups is 1. The molecule has 30 heavy (non-hydrogen) atoms. The number of methoxy groups -OCH3 is 1. The zero-order chi connectivity index (χ0) is 22.0. The van der Waals surface area contributed by atoms with E-state index in [0.29, 0.717) is 11.1 Å². The Morgan fingerprint density at radius 1 is 1.13 bits per heavy atom. The van der Waals surface area contributed by atoms with Crippen molar-refractivity contribution in [3.8, 4) is 11.5 Å². The molecule has 1 saturated heterocycles. The second kappa shape index (κ2) is 8.81. The van der Waals surface area contributed by atoms with Gasteiger partial charge < -0.3 is 9.47 Å². The summed E-state index contributed by atoms with van der Waals surface area (Å²) >= 11 is 11.4. The molecule has 0 aliphatic carbocycles. The summed E-state index contributed by atoms with van der Waals surface area (Å²) in [7, 11) is 4.42. The first-order valence-corrected chi connectivity index (χ1v) is 9.58. The first-order valence-electron chi connectivity index (χ1n) is 8.80. The van der Waals surface area contributed by atoms with Crippen molar-refractivity contribution in [2.24, 2.45) is 0 Å². The molecule has 0 atom stereocenters. The molecule has 0 spiro atoms. The molecule has 3 rings (SSSR count). The molecule has 9 heteroatoms. The standard InChI is InChI=1S/C21H18ClFN2O4S/c1-24-19(26)14(20(27)25(2)21(24)30)8-12-9-15(22)18(17(10-12)28-3)29-11-13-6-4-5-7-16(13)23/h4-10H,11H2,1-3H3. The fraction of sp³-hybridized carbons (Fsp3) is 0.190. The summed E-state index contributed by atoms with van der Waals surface area (Å²) < 4.78 is 24.9. The molecule has 156 valence electrons. The Kier molecular flexibility index (Phi) is 6.38. The van der Waals surface area contributed by atoms with E-state index in [1.165, 1.54) is 49.2 Å². The number of carbonyl (C=O) groups excluding carboxylic acids is 2. The molecule has 1 heterocycles. The molecule has 2 aromatic rings. The number of carbonyl (C=O) groups is 2. The quantitative estimate of drug-likeness (QED) is 0.397. The van der Waals surface area contributed by atoms with Crippen molar-refractivity contribution in [1.82, 2.24) is 9.80 Å². The summed E-state index contributed by atoms with van der Waals surface area (Å²) in [5.74, 6) is -0.925. The van der Waals surface area contributed by atoms with E-state index in [4.69, 9.17) is 33.3 Å². The highest BCUT2D eigenvalue weighted by Crippen LogP contribution is 2.38. The number of ether oxygens (including phenoxy) is 2. The Morgan fingerprint density at radius 2 is 1.77 bits per heavy atom. The minimum atomic E-state index is -0.516. The Bertz CT molecular complexity index is 1050. The lowest BCUT2D eigenvalue weighted by Gasteiger charge is -2.31. The van der Waals surface area contributed by atoms with Crippen LogP contribution in [0.2, 0.25) is 5.02 Å². The van der Waals surface area contributed by atoms with Crippen molar-refractivity contribution >= 4 is 46.8 Å². The maximum Gasteiger partial charge on any atom is 0.265 e. The molecular weight excluding hydrogens is 431 g/mol. The maximum absolute atomic E-state index is 13.8. The predicted molar refractivity (Wildman–Crippen MR) is 115 cm³/mol. The Labute approximate surface area is 183 Å². The monoisotopic (exact) mass is 448 g/mol. The van der Waals surface area contributed by atoms with Gasteiger partial charge >= 0.3 is 0 Å². The molecule has 0 saturated carbocycles. The summed E-state index contributed by atoms with van der Waals surface area (Å²) in [4.78, 5) is 27.4. The van der Waals surface area contributed by atoms with E-state index in [0.717, 1.165) is 0 Å². The van der Waals surface area contributed by atoms with Gasteiger partial charge in [-0.3, -0.25) is 19.4 Å². The summed E-state index contributed by atoms with van der Waals surface area (Å²) in [6, 6.07) is 9.33. The van der Waals surface area contributed by atoms with Gasteiger partial charge in [0.25, 0.3) is 11.8 Å². The van der Waals surface area contributed by atoms with E-state index in [2.05, 4.69) is 0 Å². The number of hydrogen-bond donors (Lipinski definition) is 0. The van der Waals surface area contributed by atoms with Gasteiger partial charge in [-0.1, -0.05) is 29.8 Å². The highest BCUT2D eigenvalue weighted by Gasteiger charge is 2.35. The average Bonchev–Trinajstić information content (AvgIpc) is 2.74. The number of likely N-dealkylation sites (N-methyl/N-ethyl adjacent to an activating group) is 2. The largest absolute Gasteiger partial charge is 0.493 e. The van der Waals surface area contributed by atoms with Crippen LogP contribution >= 0.6 is 23.8 Å². The van der Waals surface area contributed by atoms with Gasteiger partial charge in [0.2, 0.25) is 0 Å². The molecule has 1 fully saturated rings. The van der Waals surface area contributed by atoms with Crippen molar-refractivity contribution in [3.05, 3.63) is 63.9 Å². The lowest BCUT2D eigenvalue weighted by Crippen LogP contribution is -2.52. The zero-order valence-electron chi connectivity index (χ0n) is 16.4. The van der Waals surface area contributed by atoms with Gasteiger partial charge in [0.05, 0.1) is 12.1 Å². The van der Waals surface area contributed by atoms with Crippen LogP contribution < -0.4 is 9.47 Å². The van der Waals surface area contributed by atoms with Crippen LogP contribution in [0.4, 0.5) is 4.39 Å². The Hall–Kier alpha value is -2.97. The smallest absolute Gasteiger partial charge is 0.265 e. The second-order valence-electron chi connectivity index (χ2n) is 6.48. The second-order valence-corrected chi connectivity index (χ2v) is 7.26. The highest BCUT2D eigenvalue weighted by molar-refractivity contribution is 7.80. The first-order chi connectivity index (χ1) is 14.2. The number of rotatable bonds is 5. The van der Waals surface area contributed by atoms with Gasteiger partial charge in [0.1, 0.15) is 18.0 Å². The van der Waals surface area contributed by atoms with Gasteiger partial charge in [-0.25, -0.2) is 4.39 Å². The van der Waals surface area contributed by atoms with Crippen LogP contribution in [0.15, 0.2) is 42.0 Å². The van der Waals surface area contributed by atoms with Crippen LogP contribution in [0, 0.1) is 5.82 Å². The predicted octanol–water partition coefficient (Wildman–Crippen LogP) is 3.67. The van der Waals surface area contributed by atoms with Crippen LogP contribution in [0.5, 0.6) is 11.5 Å². The van der Waals surface area contributed by atoms with E-state index in [9.17, 15) is 14.0 Å². The lowest BCUT2D eigenvalue weighted by atomic mass is 10.1. The third-order valence-corrected chi connectivity index (χ3v) is 5.37. The SMILES string of the molecule is COc1cc(C=C2C(=O)N(C)C(=S)N(C)C2=O)cc(Cl)c1OCc1ccccc1F. The number of amides is 2. The Balaban J connectivity index is 1.93. The number of nitrogens with zero attached hydrogens (tertiary/aromatic N) is 2. The van der Waals surface area contributed by atoms with E-state index in [1.54, 1.807) is 24.3 Å². The molecule has 6 nitrogen and oxygen atoms in total. The first kappa shape index (κ1) is 21.7. The van der Waals surface area contributed by atoms with Gasteiger partial charge in [-0.05, 0) is 42.1 Å². The van der Waals surface area contributed by atoms with Crippen LogP contribution in [-0.4, -0.2) is 47.9 Å². The summed E-state index contributed by atoms with van der Waals surface area (Å²) in [5, 5.41) is 0.306. The van der Waals surface area contributed by atoms with E-state index < -0.39 is 17.6 Å². The molecule has 0 radical (unpaired) electrons. The van der Waals surface area contributed by atoms with E-state index >= 15 is 0 Å². The van der Waals surface area contributed by atoms with Crippen molar-refractivity contribution in [3.63, 3.8) is 0 Å². The normalized spacial score (nSPS) is 14.3. The molecule has 2 amide bonds. The maximum atomic E-state index is 13.8. The highest BCUT2D eigenvalue weighted by atomic mass is 35.5.